The molecule has 178 valence electrons. The smallest absolute Gasteiger partial charge is 0.237 e. The summed E-state index contributed by atoms with van der Waals surface area (Å²) in [6.07, 6.45) is 3.64. The third kappa shape index (κ3) is 2.96. The van der Waals surface area contributed by atoms with Crippen molar-refractivity contribution in [2.24, 2.45) is 0 Å². The molecular weight excluding hydrogens is 466 g/mol. The molecule has 5 nitrogen and oxygen atoms in total. The van der Waals surface area contributed by atoms with Crippen LogP contribution in [0.3, 0.4) is 0 Å². The first kappa shape index (κ1) is 20.9. The minimum Gasteiger partial charge on any atom is -0.294 e. The maximum absolute atomic E-state index is 5.32. The number of aromatic nitrogens is 5. The highest BCUT2D eigenvalue weighted by Gasteiger charge is 2.22. The molecule has 0 aliphatic rings. The lowest BCUT2D eigenvalue weighted by Gasteiger charge is -2.12. The second-order valence-electron chi connectivity index (χ2n) is 9.36. The van der Waals surface area contributed by atoms with Gasteiger partial charge in [-0.1, -0.05) is 72.8 Å². The van der Waals surface area contributed by atoms with Crippen molar-refractivity contribution in [2.45, 2.75) is 0 Å². The average molecular weight is 488 g/mol. The van der Waals surface area contributed by atoms with Gasteiger partial charge >= 0.3 is 0 Å². The summed E-state index contributed by atoms with van der Waals surface area (Å²) in [5.41, 5.74) is 7.08. The van der Waals surface area contributed by atoms with E-state index in [-0.39, 0.29) is 0 Å². The normalized spacial score (nSPS) is 11.7. The van der Waals surface area contributed by atoms with Gasteiger partial charge in [-0.05, 0) is 42.5 Å². The van der Waals surface area contributed by atoms with Crippen LogP contribution in [0.5, 0.6) is 0 Å². The van der Waals surface area contributed by atoms with Crippen LogP contribution in [0.1, 0.15) is 0 Å². The monoisotopic (exact) mass is 487 g/mol. The highest BCUT2D eigenvalue weighted by Crippen LogP contribution is 2.38. The topological polar surface area (TPSA) is 48.5 Å². The zero-order valence-corrected chi connectivity index (χ0v) is 20.4. The summed E-state index contributed by atoms with van der Waals surface area (Å²) in [5.74, 6) is 0.640. The van der Waals surface area contributed by atoms with E-state index in [4.69, 9.17) is 9.97 Å². The van der Waals surface area contributed by atoms with Gasteiger partial charge in [-0.15, -0.1) is 0 Å². The summed E-state index contributed by atoms with van der Waals surface area (Å²) in [6.45, 7) is 0. The van der Waals surface area contributed by atoms with Gasteiger partial charge in [0.25, 0.3) is 0 Å². The molecule has 4 aromatic heterocycles. The van der Waals surface area contributed by atoms with Crippen molar-refractivity contribution in [2.75, 3.05) is 0 Å². The Labute approximate surface area is 218 Å². The minimum atomic E-state index is 0.640. The van der Waals surface area contributed by atoms with Gasteiger partial charge in [-0.3, -0.25) is 14.1 Å². The van der Waals surface area contributed by atoms with Crippen LogP contribution in [-0.2, 0) is 0 Å². The number of para-hydroxylation sites is 4. The Kier molecular flexibility index (Phi) is 4.45. The molecule has 0 atom stereocenters. The second kappa shape index (κ2) is 8.11. The quantitative estimate of drug-likeness (QED) is 0.256. The second-order valence-corrected chi connectivity index (χ2v) is 9.36. The molecule has 0 radical (unpaired) electrons. The molecule has 0 N–H and O–H groups in total. The fraction of sp³-hybridized carbons (Fsp3) is 0. The van der Waals surface area contributed by atoms with Crippen molar-refractivity contribution in [1.82, 2.24) is 24.1 Å². The van der Waals surface area contributed by atoms with Crippen molar-refractivity contribution in [3.8, 4) is 22.9 Å². The van der Waals surface area contributed by atoms with E-state index < -0.39 is 0 Å². The maximum atomic E-state index is 5.32. The van der Waals surface area contributed by atoms with Gasteiger partial charge in [0, 0.05) is 39.8 Å². The summed E-state index contributed by atoms with van der Waals surface area (Å²) in [6, 6.07) is 39.8. The van der Waals surface area contributed by atoms with Crippen LogP contribution in [0.2, 0.25) is 0 Å². The molecule has 0 bridgehead atoms. The first-order valence-electron chi connectivity index (χ1n) is 12.6. The highest BCUT2D eigenvalue weighted by molar-refractivity contribution is 6.14. The number of rotatable bonds is 3. The van der Waals surface area contributed by atoms with E-state index in [1.807, 2.05) is 30.6 Å². The van der Waals surface area contributed by atoms with Gasteiger partial charge in [-0.2, -0.15) is 4.98 Å². The molecule has 0 fully saturated rings. The Hall–Kier alpha value is -5.29. The number of fused-ring (bicyclic) bond motifs is 6. The van der Waals surface area contributed by atoms with E-state index in [0.717, 1.165) is 49.9 Å². The van der Waals surface area contributed by atoms with Crippen LogP contribution in [0.15, 0.2) is 128 Å². The molecule has 0 aliphatic carbocycles. The van der Waals surface area contributed by atoms with E-state index in [9.17, 15) is 0 Å². The van der Waals surface area contributed by atoms with Gasteiger partial charge in [0.2, 0.25) is 5.95 Å². The molecule has 0 amide bonds. The van der Waals surface area contributed by atoms with Gasteiger partial charge in [0.15, 0.2) is 5.65 Å². The first-order chi connectivity index (χ1) is 18.9. The minimum absolute atomic E-state index is 0.640. The lowest BCUT2D eigenvalue weighted by Crippen LogP contribution is -2.05. The molecule has 0 saturated carbocycles. The van der Waals surface area contributed by atoms with E-state index in [1.54, 1.807) is 0 Å². The van der Waals surface area contributed by atoms with Gasteiger partial charge in [-0.25, -0.2) is 4.98 Å². The third-order valence-corrected chi connectivity index (χ3v) is 7.25. The van der Waals surface area contributed by atoms with Crippen LogP contribution in [0.25, 0.3) is 66.6 Å². The number of nitrogens with zero attached hydrogens (tertiary/aromatic N) is 5. The summed E-state index contributed by atoms with van der Waals surface area (Å²) in [5, 5.41) is 4.51. The number of benzene rings is 4. The largest absolute Gasteiger partial charge is 0.294 e. The molecule has 4 heterocycles. The Morgan fingerprint density at radius 1 is 0.474 bits per heavy atom. The Morgan fingerprint density at radius 2 is 1.03 bits per heavy atom. The molecule has 4 aromatic carbocycles. The zero-order valence-electron chi connectivity index (χ0n) is 20.4. The van der Waals surface area contributed by atoms with E-state index in [0.29, 0.717) is 5.95 Å². The standard InChI is InChI=1S/C33H21N5/c1-2-10-23(11-3-1)37-29-17-9-6-14-26(29)30-31(22-18-20-34-21-19-22)35-33(36-32(30)37)38-27-15-7-4-12-24(27)25-13-5-8-16-28(25)38/h1-21H. The van der Waals surface area contributed by atoms with E-state index >= 15 is 0 Å². The number of hydrogen-bond acceptors (Lipinski definition) is 3. The summed E-state index contributed by atoms with van der Waals surface area (Å²) >= 11 is 0. The van der Waals surface area contributed by atoms with Gasteiger partial charge < -0.3 is 0 Å². The fourth-order valence-electron chi connectivity index (χ4n) is 5.64. The van der Waals surface area contributed by atoms with Gasteiger partial charge in [0.05, 0.1) is 27.6 Å². The SMILES string of the molecule is c1ccc(-n2c3ccccc3c3c(-c4ccncc4)nc(-n4c5ccccc5c5ccccc54)nc32)cc1. The molecule has 0 saturated heterocycles. The van der Waals surface area contributed by atoms with Crippen molar-refractivity contribution in [1.29, 1.82) is 0 Å². The first-order valence-corrected chi connectivity index (χ1v) is 12.6. The van der Waals surface area contributed by atoms with E-state index in [1.165, 1.54) is 10.8 Å². The predicted molar refractivity (Wildman–Crippen MR) is 154 cm³/mol. The molecule has 0 aliphatic heterocycles. The zero-order chi connectivity index (χ0) is 25.1. The molecular formula is C33H21N5. The lowest BCUT2D eigenvalue weighted by molar-refractivity contribution is 0.994. The Bertz CT molecular complexity index is 2070. The van der Waals surface area contributed by atoms with Crippen LogP contribution in [0.4, 0.5) is 0 Å². The van der Waals surface area contributed by atoms with Crippen LogP contribution in [-0.4, -0.2) is 24.1 Å². The Balaban J connectivity index is 1.59. The molecule has 5 heteroatoms. The molecule has 0 unspecified atom stereocenters. The summed E-state index contributed by atoms with van der Waals surface area (Å²) in [4.78, 5) is 14.9. The van der Waals surface area contributed by atoms with Crippen LogP contribution >= 0.6 is 0 Å². The third-order valence-electron chi connectivity index (χ3n) is 7.25. The lowest BCUT2D eigenvalue weighted by atomic mass is 10.1. The number of pyridine rings is 1. The summed E-state index contributed by atoms with van der Waals surface area (Å²) < 4.78 is 4.43. The summed E-state index contributed by atoms with van der Waals surface area (Å²) in [7, 11) is 0. The molecule has 0 spiro atoms. The number of hydrogen-bond donors (Lipinski definition) is 0. The van der Waals surface area contributed by atoms with Gasteiger partial charge in [0.1, 0.15) is 0 Å². The van der Waals surface area contributed by atoms with Crippen molar-refractivity contribution in [3.63, 3.8) is 0 Å². The molecule has 38 heavy (non-hydrogen) atoms. The van der Waals surface area contributed by atoms with Crippen LogP contribution < -0.4 is 0 Å². The highest BCUT2D eigenvalue weighted by atomic mass is 15.2. The van der Waals surface area contributed by atoms with Crippen LogP contribution in [0, 0.1) is 0 Å². The predicted octanol–water partition coefficient (Wildman–Crippen LogP) is 7.73. The van der Waals surface area contributed by atoms with Crippen molar-refractivity contribution >= 4 is 43.7 Å². The molecule has 8 aromatic rings. The maximum Gasteiger partial charge on any atom is 0.237 e. The average Bonchev–Trinajstić information content (AvgIpc) is 3.51. The fourth-order valence-corrected chi connectivity index (χ4v) is 5.64. The van der Waals surface area contributed by atoms with Crippen molar-refractivity contribution < 1.29 is 0 Å². The van der Waals surface area contributed by atoms with Crippen molar-refractivity contribution in [3.05, 3.63) is 128 Å². The van der Waals surface area contributed by atoms with E-state index in [2.05, 4.69) is 111 Å². The Morgan fingerprint density at radius 3 is 1.68 bits per heavy atom. The molecule has 8 rings (SSSR count).